The van der Waals surface area contributed by atoms with Crippen molar-refractivity contribution in [3.8, 4) is 5.75 Å². The van der Waals surface area contributed by atoms with Crippen molar-refractivity contribution in [2.45, 2.75) is 6.92 Å². The van der Waals surface area contributed by atoms with Crippen LogP contribution in [0.3, 0.4) is 0 Å². The van der Waals surface area contributed by atoms with E-state index in [1.807, 2.05) is 25.1 Å². The van der Waals surface area contributed by atoms with Crippen LogP contribution in [0, 0.1) is 6.92 Å². The lowest BCUT2D eigenvalue weighted by Gasteiger charge is -2.06. The van der Waals surface area contributed by atoms with Crippen LogP contribution >= 0.6 is 0 Å². The molecule has 0 radical (unpaired) electrons. The Hall–Kier alpha value is -3.67. The number of hydrogen-bond acceptors (Lipinski definition) is 4. The zero-order chi connectivity index (χ0) is 20.1. The molecular formula is C22H21N3O3. The fourth-order valence-electron chi connectivity index (χ4n) is 2.75. The van der Waals surface area contributed by atoms with Crippen molar-refractivity contribution in [2.75, 3.05) is 12.4 Å². The minimum Gasteiger partial charge on any atom is -0.496 e. The Morgan fingerprint density at radius 3 is 2.54 bits per heavy atom. The highest BCUT2D eigenvalue weighted by Crippen LogP contribution is 2.21. The summed E-state index contributed by atoms with van der Waals surface area (Å²) in [6.07, 6.45) is 6.46. The van der Waals surface area contributed by atoms with Gasteiger partial charge in [0.2, 0.25) is 11.7 Å². The number of aromatic nitrogens is 2. The van der Waals surface area contributed by atoms with Gasteiger partial charge in [-0.05, 0) is 49.4 Å². The van der Waals surface area contributed by atoms with Crippen molar-refractivity contribution in [3.05, 3.63) is 83.4 Å². The summed E-state index contributed by atoms with van der Waals surface area (Å²) in [6, 6.07) is 12.5. The zero-order valence-electron chi connectivity index (χ0n) is 16.0. The summed E-state index contributed by atoms with van der Waals surface area (Å²) in [6.45, 7) is 1.98. The van der Waals surface area contributed by atoms with E-state index >= 15 is 0 Å². The second-order valence-electron chi connectivity index (χ2n) is 6.34. The Labute approximate surface area is 163 Å². The van der Waals surface area contributed by atoms with Crippen LogP contribution in [0.5, 0.6) is 5.75 Å². The van der Waals surface area contributed by atoms with Gasteiger partial charge in [0.25, 0.3) is 0 Å². The summed E-state index contributed by atoms with van der Waals surface area (Å²) in [5.41, 5.74) is 3.01. The van der Waals surface area contributed by atoms with Crippen molar-refractivity contribution < 1.29 is 14.3 Å². The second kappa shape index (κ2) is 8.35. The Kier molecular flexibility index (Phi) is 5.69. The van der Waals surface area contributed by atoms with Crippen LogP contribution in [0.1, 0.15) is 27.3 Å². The highest BCUT2D eigenvalue weighted by atomic mass is 16.5. The molecule has 28 heavy (non-hydrogen) atoms. The van der Waals surface area contributed by atoms with Gasteiger partial charge in [-0.25, -0.2) is 4.98 Å². The number of amides is 1. The molecule has 6 heteroatoms. The lowest BCUT2D eigenvalue weighted by atomic mass is 10.1. The minimum atomic E-state index is -0.272. The van der Waals surface area contributed by atoms with Crippen LogP contribution in [-0.4, -0.2) is 28.4 Å². The van der Waals surface area contributed by atoms with Crippen LogP contribution in [-0.2, 0) is 11.8 Å². The molecule has 0 unspecified atom stereocenters. The number of benzene rings is 2. The highest BCUT2D eigenvalue weighted by molar-refractivity contribution is 6.07. The predicted molar refractivity (Wildman–Crippen MR) is 108 cm³/mol. The summed E-state index contributed by atoms with van der Waals surface area (Å²) in [5.74, 6) is 0.627. The van der Waals surface area contributed by atoms with E-state index < -0.39 is 0 Å². The average molecular weight is 375 g/mol. The lowest BCUT2D eigenvalue weighted by molar-refractivity contribution is -0.111. The van der Waals surface area contributed by atoms with Gasteiger partial charge in [0, 0.05) is 42.3 Å². The van der Waals surface area contributed by atoms with Gasteiger partial charge < -0.3 is 14.6 Å². The van der Waals surface area contributed by atoms with Gasteiger partial charge in [0.15, 0.2) is 5.82 Å². The molecular weight excluding hydrogens is 354 g/mol. The second-order valence-corrected chi connectivity index (χ2v) is 6.34. The van der Waals surface area contributed by atoms with E-state index in [2.05, 4.69) is 10.3 Å². The molecule has 1 aromatic heterocycles. The molecule has 1 N–H and O–H groups in total. The number of ether oxygens (including phenoxy) is 1. The van der Waals surface area contributed by atoms with Crippen LogP contribution in [0.2, 0.25) is 0 Å². The third kappa shape index (κ3) is 4.35. The molecule has 1 heterocycles. The zero-order valence-corrected chi connectivity index (χ0v) is 16.0. The molecule has 0 aliphatic heterocycles. The van der Waals surface area contributed by atoms with Crippen molar-refractivity contribution in [1.29, 1.82) is 0 Å². The minimum absolute atomic E-state index is 0.170. The molecule has 0 fully saturated rings. The maximum Gasteiger partial charge on any atom is 0.248 e. The number of rotatable bonds is 6. The van der Waals surface area contributed by atoms with E-state index in [0.29, 0.717) is 22.8 Å². The quantitative estimate of drug-likeness (QED) is 0.528. The van der Waals surface area contributed by atoms with E-state index in [4.69, 9.17) is 4.74 Å². The van der Waals surface area contributed by atoms with Crippen molar-refractivity contribution in [1.82, 2.24) is 9.55 Å². The Bertz CT molecular complexity index is 1030. The normalized spacial score (nSPS) is 10.8. The van der Waals surface area contributed by atoms with Crippen LogP contribution in [0.15, 0.2) is 60.9 Å². The fourth-order valence-corrected chi connectivity index (χ4v) is 2.75. The molecule has 142 valence electrons. The molecule has 0 aliphatic carbocycles. The van der Waals surface area contributed by atoms with E-state index in [0.717, 1.165) is 11.1 Å². The largest absolute Gasteiger partial charge is 0.496 e. The van der Waals surface area contributed by atoms with Gasteiger partial charge >= 0.3 is 0 Å². The number of nitrogens with one attached hydrogen (secondary N) is 1. The van der Waals surface area contributed by atoms with E-state index in [1.54, 1.807) is 61.5 Å². The van der Waals surface area contributed by atoms with Crippen LogP contribution in [0.25, 0.3) is 6.08 Å². The molecule has 2 aromatic carbocycles. The van der Waals surface area contributed by atoms with Crippen LogP contribution in [0.4, 0.5) is 5.69 Å². The Balaban J connectivity index is 1.67. The molecule has 3 rings (SSSR count). The Morgan fingerprint density at radius 2 is 1.89 bits per heavy atom. The molecule has 0 saturated heterocycles. The third-order valence-electron chi connectivity index (χ3n) is 4.24. The van der Waals surface area contributed by atoms with Gasteiger partial charge in [0.1, 0.15) is 5.75 Å². The number of hydrogen-bond donors (Lipinski definition) is 1. The van der Waals surface area contributed by atoms with Crippen molar-refractivity contribution in [2.24, 2.45) is 7.05 Å². The van der Waals surface area contributed by atoms with E-state index in [-0.39, 0.29) is 11.7 Å². The van der Waals surface area contributed by atoms with Gasteiger partial charge in [0.05, 0.1) is 7.11 Å². The molecule has 0 bridgehead atoms. The van der Waals surface area contributed by atoms with Gasteiger partial charge in [-0.1, -0.05) is 11.6 Å². The topological polar surface area (TPSA) is 73.2 Å². The predicted octanol–water partition coefficient (Wildman–Crippen LogP) is 3.62. The van der Waals surface area contributed by atoms with Gasteiger partial charge in [-0.3, -0.25) is 9.59 Å². The number of aryl methyl sites for hydroxylation is 2. The number of anilines is 1. The first-order valence-electron chi connectivity index (χ1n) is 8.73. The summed E-state index contributed by atoms with van der Waals surface area (Å²) in [7, 11) is 3.36. The molecule has 1 amide bonds. The number of methoxy groups -OCH3 is 1. The highest BCUT2D eigenvalue weighted by Gasteiger charge is 2.13. The summed E-state index contributed by atoms with van der Waals surface area (Å²) in [5, 5.41) is 2.78. The summed E-state index contributed by atoms with van der Waals surface area (Å²) >= 11 is 0. The maximum atomic E-state index is 12.4. The van der Waals surface area contributed by atoms with Gasteiger partial charge in [-0.15, -0.1) is 0 Å². The first-order valence-corrected chi connectivity index (χ1v) is 8.73. The van der Waals surface area contributed by atoms with Gasteiger partial charge in [-0.2, -0.15) is 0 Å². The average Bonchev–Trinajstić information content (AvgIpc) is 3.12. The number of imidazole rings is 1. The smallest absolute Gasteiger partial charge is 0.248 e. The Morgan fingerprint density at radius 1 is 1.14 bits per heavy atom. The standard InChI is InChI=1S/C22H21N3O3/c1-15-4-10-19(28-3)17(14-15)7-11-20(26)24-18-8-5-16(6-9-18)21(27)22-23-12-13-25(22)2/h4-14H,1-3H3,(H,24,26)/b11-7+. The molecule has 0 atom stereocenters. The SMILES string of the molecule is COc1ccc(C)cc1/C=C/C(=O)Nc1ccc(C(=O)c2nccn2C)cc1. The molecule has 0 aliphatic rings. The lowest BCUT2D eigenvalue weighted by Crippen LogP contribution is -2.10. The van der Waals surface area contributed by atoms with E-state index in [9.17, 15) is 9.59 Å². The number of carbonyl (C=O) groups excluding carboxylic acids is 2. The van der Waals surface area contributed by atoms with Crippen LogP contribution < -0.4 is 10.1 Å². The number of nitrogens with zero attached hydrogens (tertiary/aromatic N) is 2. The molecule has 6 nitrogen and oxygen atoms in total. The van der Waals surface area contributed by atoms with Crippen molar-refractivity contribution in [3.63, 3.8) is 0 Å². The fraction of sp³-hybridized carbons (Fsp3) is 0.136. The maximum absolute atomic E-state index is 12.4. The summed E-state index contributed by atoms with van der Waals surface area (Å²) < 4.78 is 6.97. The first kappa shape index (κ1) is 19.1. The summed E-state index contributed by atoms with van der Waals surface area (Å²) in [4.78, 5) is 28.7. The third-order valence-corrected chi connectivity index (χ3v) is 4.24. The van der Waals surface area contributed by atoms with Crippen molar-refractivity contribution >= 4 is 23.5 Å². The molecule has 0 saturated carbocycles. The monoisotopic (exact) mass is 375 g/mol. The van der Waals surface area contributed by atoms with E-state index in [1.165, 1.54) is 6.08 Å². The molecule has 0 spiro atoms. The molecule has 3 aromatic rings. The first-order chi connectivity index (χ1) is 13.5. The number of ketones is 1. The number of carbonyl (C=O) groups is 2.